The fraction of sp³-hybridized carbons (Fsp3) is 0.476. The first-order chi connectivity index (χ1) is 13.5. The average Bonchev–Trinajstić information content (AvgIpc) is 3.01. The molecule has 2 unspecified atom stereocenters. The molecule has 0 aliphatic carbocycles. The third kappa shape index (κ3) is 3.81. The van der Waals surface area contributed by atoms with Crippen LogP contribution in [-0.2, 0) is 14.3 Å². The predicted octanol–water partition coefficient (Wildman–Crippen LogP) is 4.08. The van der Waals surface area contributed by atoms with Crippen molar-refractivity contribution >= 4 is 28.8 Å². The number of esters is 1. The second-order valence-electron chi connectivity index (χ2n) is 6.66. The smallest absolute Gasteiger partial charge is 0.338 e. The van der Waals surface area contributed by atoms with Crippen LogP contribution in [0.4, 0.5) is 0 Å². The molecule has 0 bridgehead atoms. The summed E-state index contributed by atoms with van der Waals surface area (Å²) in [6.07, 6.45) is 1.64. The normalized spacial score (nSPS) is 21.5. The molecule has 0 N–H and O–H groups in total. The van der Waals surface area contributed by atoms with Gasteiger partial charge >= 0.3 is 5.97 Å². The van der Waals surface area contributed by atoms with Crippen molar-refractivity contribution in [3.05, 3.63) is 41.1 Å². The van der Waals surface area contributed by atoms with Crippen LogP contribution < -0.4 is 4.74 Å². The number of allylic oxidation sites excluding steroid dienone is 1. The number of amides is 1. The molecule has 2 heterocycles. The van der Waals surface area contributed by atoms with Crippen molar-refractivity contribution in [2.45, 2.75) is 51.8 Å². The Morgan fingerprint density at radius 3 is 2.54 bits per heavy atom. The predicted molar refractivity (Wildman–Crippen MR) is 110 cm³/mol. The lowest BCUT2D eigenvalue weighted by Gasteiger charge is -2.33. The third-order valence-electron chi connectivity index (χ3n) is 4.69. The van der Waals surface area contributed by atoms with Crippen LogP contribution in [0.25, 0.3) is 0 Å². The van der Waals surface area contributed by atoms with Crippen molar-refractivity contribution < 1.29 is 19.1 Å². The van der Waals surface area contributed by atoms with Crippen molar-refractivity contribution in [1.82, 2.24) is 4.90 Å². The van der Waals surface area contributed by atoms with Gasteiger partial charge in [0.15, 0.2) is 5.17 Å². The average molecular weight is 403 g/mol. The maximum Gasteiger partial charge on any atom is 0.338 e. The molecule has 1 saturated heterocycles. The van der Waals surface area contributed by atoms with Crippen LogP contribution >= 0.6 is 11.8 Å². The van der Waals surface area contributed by atoms with E-state index in [9.17, 15) is 9.59 Å². The van der Waals surface area contributed by atoms with E-state index in [0.717, 1.165) is 17.7 Å². The van der Waals surface area contributed by atoms with E-state index < -0.39 is 12.0 Å². The molecule has 0 aromatic heterocycles. The monoisotopic (exact) mass is 402 g/mol. The summed E-state index contributed by atoms with van der Waals surface area (Å²) in [7, 11) is 0. The molecule has 0 spiro atoms. The number of carbonyl (C=O) groups is 2. The first-order valence-electron chi connectivity index (χ1n) is 9.70. The molecule has 3 rings (SSSR count). The summed E-state index contributed by atoms with van der Waals surface area (Å²) >= 11 is 1.46. The molecule has 2 atom stereocenters. The van der Waals surface area contributed by atoms with Crippen LogP contribution in [0.3, 0.4) is 0 Å². The summed E-state index contributed by atoms with van der Waals surface area (Å²) in [5.41, 5.74) is 1.85. The van der Waals surface area contributed by atoms with Gasteiger partial charge in [-0.2, -0.15) is 0 Å². The Balaban J connectivity index is 2.03. The van der Waals surface area contributed by atoms with E-state index in [1.807, 2.05) is 31.2 Å². The van der Waals surface area contributed by atoms with Gasteiger partial charge in [-0.15, -0.1) is 0 Å². The third-order valence-corrected chi connectivity index (χ3v) is 6.00. The lowest BCUT2D eigenvalue weighted by molar-refractivity contribution is -0.139. The zero-order valence-electron chi connectivity index (χ0n) is 16.7. The minimum absolute atomic E-state index is 0.0168. The minimum atomic E-state index is -0.539. The quantitative estimate of drug-likeness (QED) is 0.643. The highest BCUT2D eigenvalue weighted by Crippen LogP contribution is 2.44. The molecule has 7 heteroatoms. The van der Waals surface area contributed by atoms with E-state index in [0.29, 0.717) is 29.5 Å². The van der Waals surface area contributed by atoms with E-state index in [1.54, 1.807) is 18.7 Å². The first-order valence-corrected chi connectivity index (χ1v) is 10.6. The highest BCUT2D eigenvalue weighted by molar-refractivity contribution is 8.15. The van der Waals surface area contributed by atoms with Gasteiger partial charge in [0.1, 0.15) is 5.75 Å². The van der Waals surface area contributed by atoms with Crippen LogP contribution in [-0.4, -0.2) is 40.4 Å². The number of thioether (sulfide) groups is 1. The van der Waals surface area contributed by atoms with Crippen molar-refractivity contribution in [2.75, 3.05) is 13.2 Å². The van der Waals surface area contributed by atoms with Gasteiger partial charge in [0.25, 0.3) is 0 Å². The summed E-state index contributed by atoms with van der Waals surface area (Å²) in [6.45, 7) is 8.51. The Kier molecular flexibility index (Phi) is 6.44. The molecule has 1 aromatic carbocycles. The Labute approximate surface area is 170 Å². The fourth-order valence-corrected chi connectivity index (χ4v) is 4.47. The number of rotatable bonds is 7. The van der Waals surface area contributed by atoms with Gasteiger partial charge in [-0.3, -0.25) is 9.69 Å². The van der Waals surface area contributed by atoms with Crippen LogP contribution in [0.15, 0.2) is 40.5 Å². The van der Waals surface area contributed by atoms with E-state index in [4.69, 9.17) is 9.47 Å². The molecule has 28 heavy (non-hydrogen) atoms. The standard InChI is InChI=1S/C21H26N2O4S/c1-5-12-27-15-10-8-14(9-11-15)18-17(20(25)26-7-3)13(4)22-21-23(18)19(24)16(6-2)28-21/h8-11,16,18H,5-7,12H2,1-4H3. The molecule has 0 radical (unpaired) electrons. The van der Waals surface area contributed by atoms with Gasteiger partial charge in [0, 0.05) is 0 Å². The first kappa shape index (κ1) is 20.5. The van der Waals surface area contributed by atoms with Crippen molar-refractivity contribution in [2.24, 2.45) is 4.99 Å². The fourth-order valence-electron chi connectivity index (χ4n) is 3.34. The van der Waals surface area contributed by atoms with E-state index in [-0.39, 0.29) is 17.8 Å². The van der Waals surface area contributed by atoms with E-state index >= 15 is 0 Å². The maximum absolute atomic E-state index is 13.0. The number of hydrogen-bond acceptors (Lipinski definition) is 6. The topological polar surface area (TPSA) is 68.2 Å². The lowest BCUT2D eigenvalue weighted by Crippen LogP contribution is -2.40. The Bertz CT molecular complexity index is 816. The molecule has 2 aliphatic rings. The summed E-state index contributed by atoms with van der Waals surface area (Å²) in [4.78, 5) is 32.0. The van der Waals surface area contributed by atoms with Crippen LogP contribution in [0.1, 0.15) is 52.1 Å². The zero-order valence-corrected chi connectivity index (χ0v) is 17.5. The summed E-state index contributed by atoms with van der Waals surface area (Å²) in [5, 5.41) is 0.474. The minimum Gasteiger partial charge on any atom is -0.494 e. The number of nitrogens with zero attached hydrogens (tertiary/aromatic N) is 2. The zero-order chi connectivity index (χ0) is 20.3. The molecule has 0 saturated carbocycles. The molecule has 1 aromatic rings. The largest absolute Gasteiger partial charge is 0.494 e. The van der Waals surface area contributed by atoms with Gasteiger partial charge in [-0.1, -0.05) is 37.7 Å². The number of ether oxygens (including phenoxy) is 2. The number of aliphatic imine (C=N–C) groups is 1. The number of amidine groups is 1. The Hall–Kier alpha value is -2.28. The Morgan fingerprint density at radius 2 is 1.93 bits per heavy atom. The molecule has 1 amide bonds. The number of hydrogen-bond donors (Lipinski definition) is 0. The summed E-state index contributed by atoms with van der Waals surface area (Å²) in [5.74, 6) is 0.316. The lowest BCUT2D eigenvalue weighted by atomic mass is 9.94. The molecule has 2 aliphatic heterocycles. The number of benzene rings is 1. The molecular formula is C21H26N2O4S. The van der Waals surface area contributed by atoms with E-state index in [2.05, 4.69) is 11.9 Å². The van der Waals surface area contributed by atoms with Gasteiger partial charge in [-0.25, -0.2) is 9.79 Å². The van der Waals surface area contributed by atoms with Crippen LogP contribution in [0.5, 0.6) is 5.75 Å². The summed E-state index contributed by atoms with van der Waals surface area (Å²) < 4.78 is 10.9. The highest BCUT2D eigenvalue weighted by Gasteiger charge is 2.47. The van der Waals surface area contributed by atoms with Crippen LogP contribution in [0, 0.1) is 0 Å². The number of fused-ring (bicyclic) bond motifs is 1. The van der Waals surface area contributed by atoms with E-state index in [1.165, 1.54) is 11.8 Å². The SMILES string of the molecule is CCCOc1ccc(C2C(C(=O)OCC)=C(C)N=C3SC(CC)C(=O)N32)cc1. The van der Waals surface area contributed by atoms with Crippen LogP contribution in [0.2, 0.25) is 0 Å². The number of carbonyl (C=O) groups excluding carboxylic acids is 2. The summed E-state index contributed by atoms with van der Waals surface area (Å²) in [6, 6.07) is 7.02. The Morgan fingerprint density at radius 1 is 1.21 bits per heavy atom. The van der Waals surface area contributed by atoms with Gasteiger partial charge in [-0.05, 0) is 44.4 Å². The second-order valence-corrected chi connectivity index (χ2v) is 7.83. The van der Waals surface area contributed by atoms with Gasteiger partial charge < -0.3 is 9.47 Å². The maximum atomic E-state index is 13.0. The second kappa shape index (κ2) is 8.82. The van der Waals surface area contributed by atoms with Crippen molar-refractivity contribution in [1.29, 1.82) is 0 Å². The molecule has 150 valence electrons. The molecular weight excluding hydrogens is 376 g/mol. The van der Waals surface area contributed by atoms with Crippen molar-refractivity contribution in [3.8, 4) is 5.75 Å². The van der Waals surface area contributed by atoms with Gasteiger partial charge in [0.05, 0.1) is 35.8 Å². The molecule has 6 nitrogen and oxygen atoms in total. The molecule has 1 fully saturated rings. The van der Waals surface area contributed by atoms with Gasteiger partial charge in [0.2, 0.25) is 5.91 Å². The van der Waals surface area contributed by atoms with Crippen molar-refractivity contribution in [3.63, 3.8) is 0 Å². The highest BCUT2D eigenvalue weighted by atomic mass is 32.2.